The maximum atomic E-state index is 13.0. The van der Waals surface area contributed by atoms with E-state index in [0.29, 0.717) is 17.1 Å². The molecule has 4 heteroatoms. The summed E-state index contributed by atoms with van der Waals surface area (Å²) in [6, 6.07) is 24.7. The van der Waals surface area contributed by atoms with Crippen LogP contribution in [0.5, 0.6) is 0 Å². The van der Waals surface area contributed by atoms with Crippen LogP contribution in [0.3, 0.4) is 0 Å². The lowest BCUT2D eigenvalue weighted by atomic mass is 9.93. The molecule has 1 atom stereocenters. The monoisotopic (exact) mass is 389 g/mol. The van der Waals surface area contributed by atoms with Crippen LogP contribution in [0.2, 0.25) is 5.02 Å². The molecule has 3 aromatic carbocycles. The lowest BCUT2D eigenvalue weighted by molar-refractivity contribution is -0.130. The molecule has 0 aromatic heterocycles. The van der Waals surface area contributed by atoms with E-state index >= 15 is 0 Å². The zero-order valence-electron chi connectivity index (χ0n) is 15.5. The molecule has 0 saturated carbocycles. The molecule has 0 aliphatic carbocycles. The second-order valence-electron chi connectivity index (χ2n) is 7.00. The Morgan fingerprint density at radius 2 is 1.57 bits per heavy atom. The van der Waals surface area contributed by atoms with Gasteiger partial charge in [-0.15, -0.1) is 0 Å². The summed E-state index contributed by atoms with van der Waals surface area (Å²) in [6.45, 7) is 2.42. The van der Waals surface area contributed by atoms with E-state index in [4.69, 9.17) is 11.6 Å². The van der Waals surface area contributed by atoms with Gasteiger partial charge in [0.15, 0.2) is 5.76 Å². The van der Waals surface area contributed by atoms with Crippen molar-refractivity contribution >= 4 is 23.1 Å². The van der Waals surface area contributed by atoms with Crippen LogP contribution in [0, 0.1) is 6.92 Å². The molecule has 1 heterocycles. The molecular weight excluding hydrogens is 370 g/mol. The Morgan fingerprint density at radius 3 is 2.21 bits per heavy atom. The van der Waals surface area contributed by atoms with Gasteiger partial charge in [-0.3, -0.25) is 4.79 Å². The summed E-state index contributed by atoms with van der Waals surface area (Å²) in [5.41, 5.74) is 4.51. The van der Waals surface area contributed by atoms with Crippen molar-refractivity contribution < 1.29 is 9.90 Å². The van der Waals surface area contributed by atoms with Gasteiger partial charge in [0.25, 0.3) is 5.91 Å². The van der Waals surface area contributed by atoms with E-state index in [0.717, 1.165) is 22.3 Å². The van der Waals surface area contributed by atoms with Crippen molar-refractivity contribution in [2.24, 2.45) is 0 Å². The summed E-state index contributed by atoms with van der Waals surface area (Å²) >= 11 is 6.07. The number of aliphatic hydroxyl groups is 1. The highest BCUT2D eigenvalue weighted by molar-refractivity contribution is 6.30. The van der Waals surface area contributed by atoms with Crippen molar-refractivity contribution in [1.29, 1.82) is 0 Å². The lowest BCUT2D eigenvalue weighted by Gasteiger charge is -2.27. The quantitative estimate of drug-likeness (QED) is 0.621. The number of benzene rings is 3. The van der Waals surface area contributed by atoms with Gasteiger partial charge >= 0.3 is 0 Å². The molecule has 140 valence electrons. The number of aryl methyl sites for hydroxylation is 1. The van der Waals surface area contributed by atoms with Gasteiger partial charge in [-0.05, 0) is 35.7 Å². The zero-order chi connectivity index (χ0) is 19.7. The van der Waals surface area contributed by atoms with E-state index < -0.39 is 0 Å². The Hall–Kier alpha value is -3.04. The topological polar surface area (TPSA) is 40.5 Å². The van der Waals surface area contributed by atoms with Crippen LogP contribution in [0.4, 0.5) is 0 Å². The number of amides is 1. The number of nitrogens with zero attached hydrogens (tertiary/aromatic N) is 1. The third kappa shape index (κ3) is 3.41. The first-order valence-corrected chi connectivity index (χ1v) is 9.53. The third-order valence-electron chi connectivity index (χ3n) is 5.05. The van der Waals surface area contributed by atoms with E-state index in [1.54, 1.807) is 4.90 Å². The number of carbonyl (C=O) groups excluding carboxylic acids is 1. The predicted molar refractivity (Wildman–Crippen MR) is 112 cm³/mol. The van der Waals surface area contributed by atoms with E-state index in [2.05, 4.69) is 0 Å². The van der Waals surface area contributed by atoms with Gasteiger partial charge in [0.2, 0.25) is 0 Å². The number of halogens is 1. The number of hydrogen-bond acceptors (Lipinski definition) is 2. The van der Waals surface area contributed by atoms with Crippen molar-refractivity contribution in [1.82, 2.24) is 4.90 Å². The van der Waals surface area contributed by atoms with Crippen molar-refractivity contribution in [3.63, 3.8) is 0 Å². The Labute approximate surface area is 169 Å². The predicted octanol–water partition coefficient (Wildman–Crippen LogP) is 5.70. The highest BCUT2D eigenvalue weighted by Crippen LogP contribution is 2.43. The number of carbonyl (C=O) groups is 1. The van der Waals surface area contributed by atoms with Crippen LogP contribution < -0.4 is 0 Å². The Bertz CT molecular complexity index is 1020. The average Bonchev–Trinajstić information content (AvgIpc) is 2.95. The van der Waals surface area contributed by atoms with Crippen molar-refractivity contribution in [2.75, 3.05) is 0 Å². The fraction of sp³-hybridized carbons (Fsp3) is 0.125. The highest BCUT2D eigenvalue weighted by Gasteiger charge is 2.40. The van der Waals surface area contributed by atoms with Gasteiger partial charge in [0.1, 0.15) is 0 Å². The summed E-state index contributed by atoms with van der Waals surface area (Å²) in [4.78, 5) is 14.7. The Kier molecular flexibility index (Phi) is 4.93. The van der Waals surface area contributed by atoms with Gasteiger partial charge in [0, 0.05) is 17.1 Å². The molecule has 1 N–H and O–H groups in total. The third-order valence-corrected chi connectivity index (χ3v) is 5.30. The second kappa shape index (κ2) is 7.53. The summed E-state index contributed by atoms with van der Waals surface area (Å²) in [7, 11) is 0. The molecular formula is C24H20ClNO2. The maximum Gasteiger partial charge on any atom is 0.290 e. The van der Waals surface area contributed by atoms with Crippen LogP contribution in [0.1, 0.15) is 28.3 Å². The molecule has 4 rings (SSSR count). The first-order valence-electron chi connectivity index (χ1n) is 9.15. The molecule has 0 saturated heterocycles. The molecule has 3 aromatic rings. The van der Waals surface area contributed by atoms with Gasteiger partial charge in [-0.25, -0.2) is 0 Å². The molecule has 0 radical (unpaired) electrons. The second-order valence-corrected chi connectivity index (χ2v) is 7.44. The van der Waals surface area contributed by atoms with E-state index in [9.17, 15) is 9.90 Å². The number of aliphatic hydroxyl groups excluding tert-OH is 1. The van der Waals surface area contributed by atoms with Crippen LogP contribution in [-0.2, 0) is 11.3 Å². The molecule has 3 nitrogen and oxygen atoms in total. The van der Waals surface area contributed by atoms with Crippen LogP contribution in [-0.4, -0.2) is 15.9 Å². The lowest BCUT2D eigenvalue weighted by Crippen LogP contribution is -2.29. The largest absolute Gasteiger partial charge is 0.503 e. The minimum atomic E-state index is -0.382. The molecule has 0 spiro atoms. The van der Waals surface area contributed by atoms with Crippen molar-refractivity contribution in [2.45, 2.75) is 19.5 Å². The fourth-order valence-corrected chi connectivity index (χ4v) is 3.74. The number of rotatable bonds is 4. The highest BCUT2D eigenvalue weighted by atomic mass is 35.5. The first kappa shape index (κ1) is 18.3. The molecule has 28 heavy (non-hydrogen) atoms. The normalized spacial score (nSPS) is 16.7. The molecule has 1 aliphatic heterocycles. The van der Waals surface area contributed by atoms with Crippen molar-refractivity contribution in [3.8, 4) is 0 Å². The summed E-state index contributed by atoms with van der Waals surface area (Å²) in [5, 5.41) is 11.4. The molecule has 1 amide bonds. The first-order chi connectivity index (χ1) is 13.5. The summed E-state index contributed by atoms with van der Waals surface area (Å²) in [5.74, 6) is -0.556. The minimum absolute atomic E-state index is 0.195. The van der Waals surface area contributed by atoms with E-state index in [1.807, 2.05) is 85.8 Å². The van der Waals surface area contributed by atoms with Gasteiger partial charge < -0.3 is 10.0 Å². The Balaban J connectivity index is 1.81. The van der Waals surface area contributed by atoms with Crippen LogP contribution in [0.15, 0.2) is 84.6 Å². The molecule has 0 bridgehead atoms. The molecule has 0 unspecified atom stereocenters. The SMILES string of the molecule is Cc1ccc(C2=C(O)C(=O)N(Cc3ccccc3)[C@H]2c2ccc(Cl)cc2)cc1. The van der Waals surface area contributed by atoms with E-state index in [1.165, 1.54) is 0 Å². The minimum Gasteiger partial charge on any atom is -0.503 e. The molecule has 1 aliphatic rings. The standard InChI is InChI=1S/C24H20ClNO2/c1-16-7-9-18(10-8-16)21-22(19-11-13-20(25)14-12-19)26(24(28)23(21)27)15-17-5-3-2-4-6-17/h2-14,22,27H,15H2,1H3/t22-/m0/s1. The fourth-order valence-electron chi connectivity index (χ4n) is 3.62. The van der Waals surface area contributed by atoms with Crippen molar-refractivity contribution in [3.05, 3.63) is 112 Å². The zero-order valence-corrected chi connectivity index (χ0v) is 16.2. The number of hydrogen-bond donors (Lipinski definition) is 1. The van der Waals surface area contributed by atoms with Gasteiger partial charge in [-0.1, -0.05) is 83.9 Å². The van der Waals surface area contributed by atoms with E-state index in [-0.39, 0.29) is 17.7 Å². The Morgan fingerprint density at radius 1 is 0.929 bits per heavy atom. The smallest absolute Gasteiger partial charge is 0.290 e. The summed E-state index contributed by atoms with van der Waals surface area (Å²) < 4.78 is 0. The van der Waals surface area contributed by atoms with Crippen LogP contribution in [0.25, 0.3) is 5.57 Å². The average molecular weight is 390 g/mol. The molecule has 0 fully saturated rings. The maximum absolute atomic E-state index is 13.0. The van der Waals surface area contributed by atoms with Gasteiger partial charge in [0.05, 0.1) is 6.04 Å². The summed E-state index contributed by atoms with van der Waals surface area (Å²) in [6.07, 6.45) is 0. The van der Waals surface area contributed by atoms with Gasteiger partial charge in [-0.2, -0.15) is 0 Å². The van der Waals surface area contributed by atoms with Crippen LogP contribution >= 0.6 is 11.6 Å².